The van der Waals surface area contributed by atoms with Gasteiger partial charge in [-0.1, -0.05) is 37.6 Å². The number of ether oxygens (including phenoxy) is 1. The highest BCUT2D eigenvalue weighted by atomic mass is 35.5. The first-order valence-corrected chi connectivity index (χ1v) is 10.2. The molecule has 29 heavy (non-hydrogen) atoms. The van der Waals surface area contributed by atoms with Crippen LogP contribution in [0.5, 0.6) is 5.75 Å². The van der Waals surface area contributed by atoms with E-state index in [4.69, 9.17) is 26.3 Å². The first-order chi connectivity index (χ1) is 14.0. The lowest BCUT2D eigenvalue weighted by Gasteiger charge is -2.30. The first-order valence-electron chi connectivity index (χ1n) is 9.84. The number of nitrogens with one attached hydrogen (secondary N) is 1. The standard InChI is InChI=1S/C23H25ClN4O/c1-15(2)21-13-22(27-23(26-21)25-19-6-4-5-18(24)12-19)28-10-9-16-11-20(29-3)8-7-17(16)14-28/h4-8,11-13,15H,9-10,14H2,1-3H3,(H,25,26,27). The van der Waals surface area contributed by atoms with Gasteiger partial charge in [-0.25, -0.2) is 4.98 Å². The van der Waals surface area contributed by atoms with E-state index in [1.165, 1.54) is 11.1 Å². The Morgan fingerprint density at radius 1 is 1.07 bits per heavy atom. The Labute approximate surface area is 176 Å². The summed E-state index contributed by atoms with van der Waals surface area (Å²) in [6.07, 6.45) is 0.963. The van der Waals surface area contributed by atoms with Gasteiger partial charge in [0.15, 0.2) is 0 Å². The number of hydrogen-bond acceptors (Lipinski definition) is 5. The molecule has 1 aromatic heterocycles. The topological polar surface area (TPSA) is 50.3 Å². The van der Waals surface area contributed by atoms with Gasteiger partial charge in [-0.15, -0.1) is 0 Å². The van der Waals surface area contributed by atoms with Gasteiger partial charge < -0.3 is 15.0 Å². The summed E-state index contributed by atoms with van der Waals surface area (Å²) in [6, 6.07) is 16.0. The number of fused-ring (bicyclic) bond motifs is 1. The van der Waals surface area contributed by atoms with Crippen molar-refractivity contribution in [1.29, 1.82) is 0 Å². The fourth-order valence-corrected chi connectivity index (χ4v) is 3.70. The Kier molecular flexibility index (Phi) is 5.58. The van der Waals surface area contributed by atoms with Crippen LogP contribution in [0.4, 0.5) is 17.5 Å². The summed E-state index contributed by atoms with van der Waals surface area (Å²) in [5.41, 5.74) is 4.54. The van der Waals surface area contributed by atoms with Crippen LogP contribution in [0.25, 0.3) is 0 Å². The van der Waals surface area contributed by atoms with Gasteiger partial charge in [-0.2, -0.15) is 4.98 Å². The molecule has 2 heterocycles. The second-order valence-corrected chi connectivity index (χ2v) is 8.01. The molecule has 0 fully saturated rings. The third-order valence-electron chi connectivity index (χ3n) is 5.15. The third-order valence-corrected chi connectivity index (χ3v) is 5.39. The van der Waals surface area contributed by atoms with Gasteiger partial charge in [0.1, 0.15) is 11.6 Å². The predicted molar refractivity (Wildman–Crippen MR) is 119 cm³/mol. The van der Waals surface area contributed by atoms with Gasteiger partial charge >= 0.3 is 0 Å². The Morgan fingerprint density at radius 2 is 1.93 bits per heavy atom. The maximum absolute atomic E-state index is 6.12. The van der Waals surface area contributed by atoms with Crippen LogP contribution in [-0.4, -0.2) is 23.6 Å². The second-order valence-electron chi connectivity index (χ2n) is 7.57. The van der Waals surface area contributed by atoms with E-state index in [1.54, 1.807) is 7.11 Å². The van der Waals surface area contributed by atoms with Crippen LogP contribution in [-0.2, 0) is 13.0 Å². The quantitative estimate of drug-likeness (QED) is 0.598. The SMILES string of the molecule is COc1ccc2c(c1)CCN(c1cc(C(C)C)nc(Nc3cccc(Cl)c3)n1)C2. The summed E-state index contributed by atoms with van der Waals surface area (Å²) in [6.45, 7) is 6.02. The van der Waals surface area contributed by atoms with Crippen molar-refractivity contribution in [3.05, 3.63) is 70.4 Å². The molecule has 1 aliphatic heterocycles. The van der Waals surface area contributed by atoms with Crippen molar-refractivity contribution >= 4 is 29.1 Å². The highest BCUT2D eigenvalue weighted by molar-refractivity contribution is 6.30. The summed E-state index contributed by atoms with van der Waals surface area (Å²) in [5.74, 6) is 2.75. The lowest BCUT2D eigenvalue weighted by Crippen LogP contribution is -2.31. The molecule has 5 nitrogen and oxygen atoms in total. The molecule has 1 N–H and O–H groups in total. The molecule has 2 aromatic carbocycles. The molecule has 0 amide bonds. The Hall–Kier alpha value is -2.79. The van der Waals surface area contributed by atoms with E-state index in [1.807, 2.05) is 30.3 Å². The molecule has 0 unspecified atom stereocenters. The summed E-state index contributed by atoms with van der Waals surface area (Å²) in [4.78, 5) is 11.8. The molecule has 3 aromatic rings. The minimum absolute atomic E-state index is 0.304. The minimum atomic E-state index is 0.304. The summed E-state index contributed by atoms with van der Waals surface area (Å²) < 4.78 is 5.36. The Morgan fingerprint density at radius 3 is 2.69 bits per heavy atom. The van der Waals surface area contributed by atoms with Crippen molar-refractivity contribution < 1.29 is 4.74 Å². The Balaban J connectivity index is 1.63. The number of aromatic nitrogens is 2. The van der Waals surface area contributed by atoms with Crippen LogP contribution in [0.1, 0.15) is 36.6 Å². The molecule has 0 saturated carbocycles. The van der Waals surface area contributed by atoms with Crippen molar-refractivity contribution in [2.24, 2.45) is 0 Å². The van der Waals surface area contributed by atoms with Gasteiger partial charge in [0.2, 0.25) is 5.95 Å². The zero-order valence-electron chi connectivity index (χ0n) is 16.9. The monoisotopic (exact) mass is 408 g/mol. The van der Waals surface area contributed by atoms with E-state index in [0.717, 1.165) is 42.5 Å². The zero-order valence-corrected chi connectivity index (χ0v) is 17.7. The number of methoxy groups -OCH3 is 1. The van der Waals surface area contributed by atoms with Crippen LogP contribution in [0.3, 0.4) is 0 Å². The van der Waals surface area contributed by atoms with Crippen molar-refractivity contribution in [3.8, 4) is 5.75 Å². The average molecular weight is 409 g/mol. The molecule has 150 valence electrons. The molecule has 0 saturated heterocycles. The molecule has 1 aliphatic rings. The first kappa shape index (κ1) is 19.5. The van der Waals surface area contributed by atoms with Crippen LogP contribution < -0.4 is 15.0 Å². The van der Waals surface area contributed by atoms with Crippen molar-refractivity contribution in [2.45, 2.75) is 32.7 Å². The fourth-order valence-electron chi connectivity index (χ4n) is 3.51. The number of rotatable bonds is 5. The molecule has 0 atom stereocenters. The molecule has 0 spiro atoms. The number of hydrogen-bond donors (Lipinski definition) is 1. The van der Waals surface area contributed by atoms with E-state index >= 15 is 0 Å². The highest BCUT2D eigenvalue weighted by Gasteiger charge is 2.20. The number of anilines is 3. The van der Waals surface area contributed by atoms with E-state index < -0.39 is 0 Å². The van der Waals surface area contributed by atoms with Gasteiger partial charge in [0.25, 0.3) is 0 Å². The lowest BCUT2D eigenvalue weighted by atomic mass is 9.99. The normalized spacial score (nSPS) is 13.3. The van der Waals surface area contributed by atoms with Crippen LogP contribution in [0.15, 0.2) is 48.5 Å². The van der Waals surface area contributed by atoms with Crippen LogP contribution >= 0.6 is 11.6 Å². The number of nitrogens with zero attached hydrogens (tertiary/aromatic N) is 3. The largest absolute Gasteiger partial charge is 0.497 e. The third kappa shape index (κ3) is 4.46. The molecular formula is C23H25ClN4O. The zero-order chi connectivity index (χ0) is 20.4. The van der Waals surface area contributed by atoms with Crippen molar-refractivity contribution in [1.82, 2.24) is 9.97 Å². The highest BCUT2D eigenvalue weighted by Crippen LogP contribution is 2.29. The number of benzene rings is 2. The summed E-state index contributed by atoms with van der Waals surface area (Å²) in [7, 11) is 1.71. The van der Waals surface area contributed by atoms with Gasteiger partial charge in [-0.05, 0) is 53.8 Å². The molecule has 0 radical (unpaired) electrons. The van der Waals surface area contributed by atoms with E-state index in [-0.39, 0.29) is 0 Å². The predicted octanol–water partition coefficient (Wildman–Crippen LogP) is 5.57. The molecular weight excluding hydrogens is 384 g/mol. The molecule has 6 heteroatoms. The molecule has 0 aliphatic carbocycles. The van der Waals surface area contributed by atoms with E-state index in [9.17, 15) is 0 Å². The smallest absolute Gasteiger partial charge is 0.229 e. The second kappa shape index (κ2) is 8.29. The maximum Gasteiger partial charge on any atom is 0.229 e. The van der Waals surface area contributed by atoms with Gasteiger partial charge in [0, 0.05) is 29.9 Å². The summed E-state index contributed by atoms with van der Waals surface area (Å²) >= 11 is 6.12. The Bertz CT molecular complexity index is 1020. The number of halogens is 1. The maximum atomic E-state index is 6.12. The molecule has 0 bridgehead atoms. The van der Waals surface area contributed by atoms with Crippen LogP contribution in [0.2, 0.25) is 5.02 Å². The van der Waals surface area contributed by atoms with E-state index in [2.05, 4.69) is 42.3 Å². The molecule has 4 rings (SSSR count). The summed E-state index contributed by atoms with van der Waals surface area (Å²) in [5, 5.41) is 3.98. The van der Waals surface area contributed by atoms with Gasteiger partial charge in [0.05, 0.1) is 12.8 Å². The average Bonchev–Trinajstić information content (AvgIpc) is 2.72. The van der Waals surface area contributed by atoms with Gasteiger partial charge in [-0.3, -0.25) is 0 Å². The van der Waals surface area contributed by atoms with Crippen LogP contribution in [0, 0.1) is 0 Å². The minimum Gasteiger partial charge on any atom is -0.497 e. The lowest BCUT2D eigenvalue weighted by molar-refractivity contribution is 0.413. The fraction of sp³-hybridized carbons (Fsp3) is 0.304. The van der Waals surface area contributed by atoms with Crippen molar-refractivity contribution in [2.75, 3.05) is 23.9 Å². The van der Waals surface area contributed by atoms with E-state index in [0.29, 0.717) is 16.9 Å². The van der Waals surface area contributed by atoms with Crippen molar-refractivity contribution in [3.63, 3.8) is 0 Å².